The number of aliphatic imine (C=N–C) groups is 1. The number of carbonyl (C=O) groups excluding carboxylic acids is 1. The zero-order chi connectivity index (χ0) is 26.4. The van der Waals surface area contributed by atoms with Crippen LogP contribution in [0.25, 0.3) is 11.4 Å². The Hall–Kier alpha value is -3.98. The summed E-state index contributed by atoms with van der Waals surface area (Å²) < 4.78 is 5.73. The number of hydrogen-bond acceptors (Lipinski definition) is 8. The van der Waals surface area contributed by atoms with Crippen molar-refractivity contribution < 1.29 is 9.53 Å². The van der Waals surface area contributed by atoms with E-state index in [4.69, 9.17) is 14.7 Å². The molecular weight excluding hydrogens is 466 g/mol. The number of likely N-dealkylation sites (N-methyl/N-ethyl adjacent to an activating group) is 2. The third-order valence-corrected chi connectivity index (χ3v) is 5.81. The highest BCUT2D eigenvalue weighted by Gasteiger charge is 2.14. The summed E-state index contributed by atoms with van der Waals surface area (Å²) in [4.78, 5) is 30.3. The average molecular weight is 502 g/mol. The van der Waals surface area contributed by atoms with E-state index in [-0.39, 0.29) is 18.6 Å². The molecule has 37 heavy (non-hydrogen) atoms. The fraction of sp³-hybridized carbons (Fsp3) is 0.357. The highest BCUT2D eigenvalue weighted by atomic mass is 16.5. The van der Waals surface area contributed by atoms with E-state index in [1.54, 1.807) is 0 Å². The lowest BCUT2D eigenvalue weighted by Crippen LogP contribution is -2.34. The molecule has 1 aliphatic rings. The van der Waals surface area contributed by atoms with Gasteiger partial charge in [0.25, 0.3) is 5.91 Å². The minimum Gasteiger partial charge on any atom is -0.484 e. The van der Waals surface area contributed by atoms with Gasteiger partial charge in [0.1, 0.15) is 17.4 Å². The number of rotatable bonds is 11. The average Bonchev–Trinajstić information content (AvgIpc) is 3.33. The Labute approximate surface area is 218 Å². The third kappa shape index (κ3) is 7.27. The standard InChI is InChI=1S/C28H35N7O2/c1-19(2)30-27(36)18-37-24-8-6-7-20(14-24)28-32-25(15-26(33-28)35(5)12-11-34(3)4)31-23-10-9-21-16-29-17-22(21)13-23/h6-10,13-15,17,19H,11-12,16,18H2,1-5H3,(H,30,36)(H,31,32,33). The zero-order valence-electron chi connectivity index (χ0n) is 22.2. The van der Waals surface area contributed by atoms with Crippen LogP contribution in [0.3, 0.4) is 0 Å². The second-order valence-electron chi connectivity index (χ2n) is 9.71. The molecule has 0 fully saturated rings. The molecule has 0 saturated carbocycles. The smallest absolute Gasteiger partial charge is 0.258 e. The molecule has 9 heteroatoms. The predicted molar refractivity (Wildman–Crippen MR) is 149 cm³/mol. The first kappa shape index (κ1) is 26.1. The van der Waals surface area contributed by atoms with Crippen molar-refractivity contribution >= 4 is 29.4 Å². The van der Waals surface area contributed by atoms with Crippen molar-refractivity contribution in [1.29, 1.82) is 0 Å². The highest BCUT2D eigenvalue weighted by Crippen LogP contribution is 2.28. The van der Waals surface area contributed by atoms with Crippen molar-refractivity contribution in [3.8, 4) is 17.1 Å². The molecule has 1 aliphatic heterocycles. The zero-order valence-corrected chi connectivity index (χ0v) is 22.2. The van der Waals surface area contributed by atoms with E-state index in [1.807, 2.05) is 63.5 Å². The molecule has 3 aromatic rings. The molecule has 0 radical (unpaired) electrons. The molecule has 2 N–H and O–H groups in total. The molecule has 0 atom stereocenters. The van der Waals surface area contributed by atoms with E-state index >= 15 is 0 Å². The van der Waals surface area contributed by atoms with Gasteiger partial charge in [-0.2, -0.15) is 0 Å². The van der Waals surface area contributed by atoms with E-state index in [0.717, 1.165) is 42.3 Å². The molecule has 0 saturated heterocycles. The van der Waals surface area contributed by atoms with Crippen LogP contribution in [0.5, 0.6) is 5.75 Å². The third-order valence-electron chi connectivity index (χ3n) is 5.81. The molecule has 1 amide bonds. The molecule has 2 heterocycles. The van der Waals surface area contributed by atoms with Gasteiger partial charge in [-0.15, -0.1) is 0 Å². The molecule has 4 rings (SSSR count). The molecule has 0 spiro atoms. The Bertz CT molecular complexity index is 1270. The molecule has 2 aromatic carbocycles. The maximum Gasteiger partial charge on any atom is 0.258 e. The Morgan fingerprint density at radius 2 is 1.89 bits per heavy atom. The van der Waals surface area contributed by atoms with Gasteiger partial charge in [-0.3, -0.25) is 9.79 Å². The minimum absolute atomic E-state index is 0.0513. The minimum atomic E-state index is -0.160. The maximum absolute atomic E-state index is 12.0. The summed E-state index contributed by atoms with van der Waals surface area (Å²) in [5, 5.41) is 6.27. The summed E-state index contributed by atoms with van der Waals surface area (Å²) in [7, 11) is 6.13. The van der Waals surface area contributed by atoms with E-state index in [9.17, 15) is 4.79 Å². The Morgan fingerprint density at radius 3 is 2.68 bits per heavy atom. The second kappa shape index (κ2) is 11.8. The summed E-state index contributed by atoms with van der Waals surface area (Å²) in [6, 6.07) is 15.7. The number of ether oxygens (including phenoxy) is 1. The summed E-state index contributed by atoms with van der Waals surface area (Å²) >= 11 is 0. The van der Waals surface area contributed by atoms with Crippen LogP contribution in [0, 0.1) is 0 Å². The number of fused-ring (bicyclic) bond motifs is 1. The molecular formula is C28H35N7O2. The molecule has 1 aromatic heterocycles. The predicted octanol–water partition coefficient (Wildman–Crippen LogP) is 3.72. The molecule has 194 valence electrons. The van der Waals surface area contributed by atoms with E-state index in [0.29, 0.717) is 17.4 Å². The van der Waals surface area contributed by atoms with Crippen LogP contribution in [0.1, 0.15) is 25.0 Å². The van der Waals surface area contributed by atoms with Gasteiger partial charge in [0.05, 0.1) is 6.54 Å². The fourth-order valence-corrected chi connectivity index (χ4v) is 3.85. The summed E-state index contributed by atoms with van der Waals surface area (Å²) in [5.41, 5.74) is 4.08. The van der Waals surface area contributed by atoms with Crippen LogP contribution in [0.15, 0.2) is 53.5 Å². The number of aromatic nitrogens is 2. The second-order valence-corrected chi connectivity index (χ2v) is 9.71. The lowest BCUT2D eigenvalue weighted by molar-refractivity contribution is -0.123. The number of hydrogen-bond donors (Lipinski definition) is 2. The number of nitrogens with zero attached hydrogens (tertiary/aromatic N) is 5. The Morgan fingerprint density at radius 1 is 1.05 bits per heavy atom. The van der Waals surface area contributed by atoms with Gasteiger partial charge in [-0.1, -0.05) is 18.2 Å². The van der Waals surface area contributed by atoms with E-state index in [2.05, 4.69) is 51.7 Å². The van der Waals surface area contributed by atoms with Crippen molar-refractivity contribution in [2.75, 3.05) is 51.1 Å². The van der Waals surface area contributed by atoms with Crippen molar-refractivity contribution in [1.82, 2.24) is 20.2 Å². The van der Waals surface area contributed by atoms with Crippen LogP contribution in [0.4, 0.5) is 17.3 Å². The SMILES string of the molecule is CC(C)NC(=O)COc1cccc(-c2nc(Nc3ccc4c(c3)C=NC4)cc(N(C)CCN(C)C)n2)c1. The topological polar surface area (TPSA) is 95.0 Å². The van der Waals surface area contributed by atoms with Gasteiger partial charge in [-0.05, 0) is 63.3 Å². The summed E-state index contributed by atoms with van der Waals surface area (Å²) in [5.74, 6) is 2.48. The molecule has 9 nitrogen and oxygen atoms in total. The van der Waals surface area contributed by atoms with Crippen molar-refractivity contribution in [2.45, 2.75) is 26.4 Å². The van der Waals surface area contributed by atoms with E-state index < -0.39 is 0 Å². The quantitative estimate of drug-likeness (QED) is 0.413. The van der Waals surface area contributed by atoms with E-state index in [1.165, 1.54) is 5.56 Å². The number of benzene rings is 2. The van der Waals surface area contributed by atoms with Crippen LogP contribution < -0.4 is 20.3 Å². The van der Waals surface area contributed by atoms with Gasteiger partial charge in [0, 0.05) is 49.7 Å². The first-order valence-corrected chi connectivity index (χ1v) is 12.4. The molecule has 0 unspecified atom stereocenters. The Balaban J connectivity index is 1.61. The molecule has 0 aliphatic carbocycles. The lowest BCUT2D eigenvalue weighted by atomic mass is 10.1. The molecule has 0 bridgehead atoms. The number of carbonyl (C=O) groups is 1. The number of nitrogens with one attached hydrogen (secondary N) is 2. The first-order chi connectivity index (χ1) is 17.8. The van der Waals surface area contributed by atoms with Gasteiger partial charge in [-0.25, -0.2) is 9.97 Å². The van der Waals surface area contributed by atoms with Crippen LogP contribution in [-0.2, 0) is 11.3 Å². The van der Waals surface area contributed by atoms with Crippen molar-refractivity contribution in [3.05, 3.63) is 59.7 Å². The summed E-state index contributed by atoms with van der Waals surface area (Å²) in [6.07, 6.45) is 1.90. The number of amides is 1. The summed E-state index contributed by atoms with van der Waals surface area (Å²) in [6.45, 7) is 6.22. The normalized spacial score (nSPS) is 12.1. The van der Waals surface area contributed by atoms with Crippen molar-refractivity contribution in [2.24, 2.45) is 4.99 Å². The van der Waals surface area contributed by atoms with Crippen LogP contribution in [-0.4, -0.2) is 73.9 Å². The van der Waals surface area contributed by atoms with Gasteiger partial charge < -0.3 is 25.2 Å². The van der Waals surface area contributed by atoms with Gasteiger partial charge in [0.15, 0.2) is 12.4 Å². The van der Waals surface area contributed by atoms with Crippen molar-refractivity contribution in [3.63, 3.8) is 0 Å². The number of anilines is 3. The van der Waals surface area contributed by atoms with Gasteiger partial charge in [0.2, 0.25) is 0 Å². The monoisotopic (exact) mass is 501 g/mol. The van der Waals surface area contributed by atoms with Crippen LogP contribution in [0.2, 0.25) is 0 Å². The largest absolute Gasteiger partial charge is 0.484 e. The maximum atomic E-state index is 12.0. The van der Waals surface area contributed by atoms with Crippen LogP contribution >= 0.6 is 0 Å². The first-order valence-electron chi connectivity index (χ1n) is 12.4. The fourth-order valence-electron chi connectivity index (χ4n) is 3.85. The highest BCUT2D eigenvalue weighted by molar-refractivity contribution is 5.86. The Kier molecular flexibility index (Phi) is 8.35. The lowest BCUT2D eigenvalue weighted by Gasteiger charge is -2.22. The van der Waals surface area contributed by atoms with Gasteiger partial charge >= 0.3 is 0 Å².